The van der Waals surface area contributed by atoms with Gasteiger partial charge in [0.1, 0.15) is 12.4 Å². The minimum Gasteiger partial charge on any atom is -0.506 e. The summed E-state index contributed by atoms with van der Waals surface area (Å²) in [6.07, 6.45) is 0.279. The molecule has 2 amide bonds. The number of phenols is 1. The SMILES string of the molecule is CN(C)C(=O)CO[C@H]1CCOC[C@H]1NC(=O)c1ccc(O)c(Cl)c1. The third-order valence-electron chi connectivity index (χ3n) is 3.74. The Morgan fingerprint density at radius 1 is 1.46 bits per heavy atom. The molecule has 1 aliphatic heterocycles. The maximum absolute atomic E-state index is 12.3. The van der Waals surface area contributed by atoms with E-state index >= 15 is 0 Å². The minimum atomic E-state index is -0.367. The molecule has 0 spiro atoms. The first-order valence-corrected chi connectivity index (χ1v) is 7.95. The Labute approximate surface area is 145 Å². The monoisotopic (exact) mass is 356 g/mol. The van der Waals surface area contributed by atoms with E-state index in [-0.39, 0.29) is 41.3 Å². The first-order valence-electron chi connectivity index (χ1n) is 7.57. The van der Waals surface area contributed by atoms with Gasteiger partial charge < -0.3 is 24.8 Å². The van der Waals surface area contributed by atoms with Gasteiger partial charge in [-0.15, -0.1) is 0 Å². The molecule has 2 atom stereocenters. The number of ether oxygens (including phenoxy) is 2. The lowest BCUT2D eigenvalue weighted by Crippen LogP contribution is -2.51. The van der Waals surface area contributed by atoms with Crippen molar-refractivity contribution in [2.75, 3.05) is 33.9 Å². The molecule has 2 rings (SSSR count). The molecule has 1 aromatic carbocycles. The normalized spacial score (nSPS) is 20.5. The summed E-state index contributed by atoms with van der Waals surface area (Å²) < 4.78 is 11.0. The molecule has 1 saturated heterocycles. The third kappa shape index (κ3) is 4.83. The molecular formula is C16H21ClN2O5. The third-order valence-corrected chi connectivity index (χ3v) is 4.04. The zero-order valence-electron chi connectivity index (χ0n) is 13.6. The van der Waals surface area contributed by atoms with Crippen molar-refractivity contribution in [2.45, 2.75) is 18.6 Å². The topological polar surface area (TPSA) is 88.1 Å². The summed E-state index contributed by atoms with van der Waals surface area (Å²) in [7, 11) is 3.31. The van der Waals surface area contributed by atoms with Gasteiger partial charge >= 0.3 is 0 Å². The Morgan fingerprint density at radius 3 is 2.88 bits per heavy atom. The molecule has 24 heavy (non-hydrogen) atoms. The van der Waals surface area contributed by atoms with Crippen LogP contribution in [0.25, 0.3) is 0 Å². The smallest absolute Gasteiger partial charge is 0.251 e. The number of likely N-dealkylation sites (N-methyl/N-ethyl adjacent to an activating group) is 1. The van der Waals surface area contributed by atoms with Crippen LogP contribution in [0.3, 0.4) is 0 Å². The van der Waals surface area contributed by atoms with Crippen molar-refractivity contribution in [3.63, 3.8) is 0 Å². The fourth-order valence-corrected chi connectivity index (χ4v) is 2.44. The lowest BCUT2D eigenvalue weighted by molar-refractivity contribution is -0.138. The Kier molecular flexibility index (Phi) is 6.42. The molecule has 2 N–H and O–H groups in total. The van der Waals surface area contributed by atoms with Crippen LogP contribution in [0.1, 0.15) is 16.8 Å². The number of amides is 2. The second-order valence-electron chi connectivity index (χ2n) is 5.75. The van der Waals surface area contributed by atoms with Gasteiger partial charge in [0.05, 0.1) is 23.8 Å². The predicted octanol–water partition coefficient (Wildman–Crippen LogP) is 1.04. The van der Waals surface area contributed by atoms with E-state index in [1.54, 1.807) is 14.1 Å². The Balaban J connectivity index is 1.98. The van der Waals surface area contributed by atoms with E-state index in [0.717, 1.165) is 0 Å². The molecule has 0 saturated carbocycles. The van der Waals surface area contributed by atoms with Gasteiger partial charge in [-0.05, 0) is 24.6 Å². The van der Waals surface area contributed by atoms with E-state index in [1.807, 2.05) is 0 Å². The lowest BCUT2D eigenvalue weighted by atomic mass is 10.1. The Bertz CT molecular complexity index is 608. The average Bonchev–Trinajstić information content (AvgIpc) is 2.56. The number of rotatable bonds is 5. The van der Waals surface area contributed by atoms with E-state index in [9.17, 15) is 14.7 Å². The van der Waals surface area contributed by atoms with Crippen molar-refractivity contribution in [1.82, 2.24) is 10.2 Å². The predicted molar refractivity (Wildman–Crippen MR) is 88.2 cm³/mol. The minimum absolute atomic E-state index is 0.0466. The van der Waals surface area contributed by atoms with Crippen LogP contribution in [0, 0.1) is 0 Å². The Morgan fingerprint density at radius 2 is 2.21 bits per heavy atom. The van der Waals surface area contributed by atoms with Crippen molar-refractivity contribution in [3.8, 4) is 5.75 Å². The molecule has 1 heterocycles. The lowest BCUT2D eigenvalue weighted by Gasteiger charge is -2.32. The molecule has 1 fully saturated rings. The highest BCUT2D eigenvalue weighted by molar-refractivity contribution is 6.32. The number of hydrogen-bond donors (Lipinski definition) is 2. The summed E-state index contributed by atoms with van der Waals surface area (Å²) in [5.74, 6) is -0.575. The highest BCUT2D eigenvalue weighted by Crippen LogP contribution is 2.23. The number of benzene rings is 1. The molecule has 7 nitrogen and oxygen atoms in total. The molecular weight excluding hydrogens is 336 g/mol. The second-order valence-corrected chi connectivity index (χ2v) is 6.15. The van der Waals surface area contributed by atoms with Crippen LogP contribution in [0.2, 0.25) is 5.02 Å². The van der Waals surface area contributed by atoms with Crippen LogP contribution in [-0.4, -0.2) is 67.9 Å². The summed E-state index contributed by atoms with van der Waals surface area (Å²) >= 11 is 5.82. The van der Waals surface area contributed by atoms with Crippen molar-refractivity contribution in [3.05, 3.63) is 28.8 Å². The molecule has 0 radical (unpaired) electrons. The summed E-state index contributed by atoms with van der Waals surface area (Å²) in [6, 6.07) is 3.86. The first-order chi connectivity index (χ1) is 11.4. The van der Waals surface area contributed by atoms with Gasteiger partial charge in [-0.25, -0.2) is 0 Å². The van der Waals surface area contributed by atoms with Crippen LogP contribution in [0.5, 0.6) is 5.75 Å². The zero-order valence-corrected chi connectivity index (χ0v) is 14.4. The van der Waals surface area contributed by atoms with Crippen LogP contribution in [0.4, 0.5) is 0 Å². The largest absolute Gasteiger partial charge is 0.506 e. The standard InChI is InChI=1S/C16H21ClN2O5/c1-19(2)15(21)9-24-14-5-6-23-8-12(14)18-16(22)10-3-4-13(20)11(17)7-10/h3-4,7,12,14,20H,5-6,8-9H2,1-2H3,(H,18,22)/t12-,14+/m1/s1. The highest BCUT2D eigenvalue weighted by Gasteiger charge is 2.29. The van der Waals surface area contributed by atoms with Gasteiger partial charge in [-0.3, -0.25) is 9.59 Å². The Hall–Kier alpha value is -1.83. The summed E-state index contributed by atoms with van der Waals surface area (Å²) in [5.41, 5.74) is 0.325. The molecule has 1 aliphatic rings. The summed E-state index contributed by atoms with van der Waals surface area (Å²) in [5, 5.41) is 12.4. The van der Waals surface area contributed by atoms with Crippen molar-refractivity contribution < 1.29 is 24.2 Å². The van der Waals surface area contributed by atoms with Crippen LogP contribution in [0.15, 0.2) is 18.2 Å². The average molecular weight is 357 g/mol. The van der Waals surface area contributed by atoms with Gasteiger partial charge in [-0.1, -0.05) is 11.6 Å². The highest BCUT2D eigenvalue weighted by atomic mass is 35.5. The molecule has 0 bridgehead atoms. The molecule has 0 aromatic heterocycles. The summed E-state index contributed by atoms with van der Waals surface area (Å²) in [6.45, 7) is 0.770. The number of nitrogens with zero attached hydrogens (tertiary/aromatic N) is 1. The molecule has 0 aliphatic carbocycles. The van der Waals surface area contributed by atoms with Crippen molar-refractivity contribution in [2.24, 2.45) is 0 Å². The molecule has 0 unspecified atom stereocenters. The number of nitrogens with one attached hydrogen (secondary N) is 1. The fourth-order valence-electron chi connectivity index (χ4n) is 2.26. The van der Waals surface area contributed by atoms with Crippen LogP contribution in [-0.2, 0) is 14.3 Å². The van der Waals surface area contributed by atoms with E-state index < -0.39 is 0 Å². The van der Waals surface area contributed by atoms with Crippen LogP contribution < -0.4 is 5.32 Å². The maximum Gasteiger partial charge on any atom is 0.251 e. The van der Waals surface area contributed by atoms with E-state index in [2.05, 4.69) is 5.32 Å². The number of hydrogen-bond acceptors (Lipinski definition) is 5. The van der Waals surface area contributed by atoms with E-state index in [0.29, 0.717) is 25.2 Å². The molecule has 8 heteroatoms. The van der Waals surface area contributed by atoms with Gasteiger partial charge in [0, 0.05) is 26.3 Å². The quantitative estimate of drug-likeness (QED) is 0.823. The number of phenolic OH excluding ortho intramolecular Hbond substituents is 1. The number of carbonyl (C=O) groups excluding carboxylic acids is 2. The van der Waals surface area contributed by atoms with Gasteiger partial charge in [0.15, 0.2) is 0 Å². The maximum atomic E-state index is 12.3. The van der Waals surface area contributed by atoms with Crippen molar-refractivity contribution in [1.29, 1.82) is 0 Å². The molecule has 132 valence electrons. The fraction of sp³-hybridized carbons (Fsp3) is 0.500. The number of halogens is 1. The van der Waals surface area contributed by atoms with Gasteiger partial charge in [0.2, 0.25) is 5.91 Å². The van der Waals surface area contributed by atoms with E-state index in [4.69, 9.17) is 21.1 Å². The number of aromatic hydroxyl groups is 1. The van der Waals surface area contributed by atoms with Gasteiger partial charge in [-0.2, -0.15) is 0 Å². The van der Waals surface area contributed by atoms with Crippen molar-refractivity contribution >= 4 is 23.4 Å². The second kappa shape index (κ2) is 8.32. The number of carbonyl (C=O) groups is 2. The first kappa shape index (κ1) is 18.5. The zero-order chi connectivity index (χ0) is 17.7. The van der Waals surface area contributed by atoms with E-state index in [1.165, 1.54) is 23.1 Å². The molecule has 1 aromatic rings. The van der Waals surface area contributed by atoms with Gasteiger partial charge in [0.25, 0.3) is 5.91 Å². The summed E-state index contributed by atoms with van der Waals surface area (Å²) in [4.78, 5) is 25.4. The van der Waals surface area contributed by atoms with Crippen LogP contribution >= 0.6 is 11.6 Å².